The van der Waals surface area contributed by atoms with Gasteiger partial charge in [-0.05, 0) is 24.1 Å². The van der Waals surface area contributed by atoms with Crippen LogP contribution in [0.4, 0.5) is 11.4 Å². The van der Waals surface area contributed by atoms with Gasteiger partial charge < -0.3 is 10.2 Å². The minimum atomic E-state index is -0.367. The van der Waals surface area contributed by atoms with Crippen LogP contribution in [0.15, 0.2) is 66.4 Å². The zero-order valence-corrected chi connectivity index (χ0v) is 14.8. The Morgan fingerprint density at radius 3 is 2.62 bits per heavy atom. The first kappa shape index (κ1) is 16.6. The molecule has 4 heteroatoms. The molecule has 1 amide bonds. The van der Waals surface area contributed by atoms with Crippen LogP contribution in [0.1, 0.15) is 37.8 Å². The molecule has 2 aliphatic rings. The molecular formula is C22H22N2O2. The molecule has 2 atom stereocenters. The molecule has 0 aromatic heterocycles. The Morgan fingerprint density at radius 1 is 1.12 bits per heavy atom. The van der Waals surface area contributed by atoms with Gasteiger partial charge >= 0.3 is 0 Å². The molecule has 4 nitrogen and oxygen atoms in total. The second-order valence-corrected chi connectivity index (χ2v) is 6.76. The number of rotatable bonds is 2. The molecule has 1 N–H and O–H groups in total. The number of Topliss-reactive ketones (excluding diaryl/α,β-unsaturated/α-hetero) is 1. The zero-order valence-electron chi connectivity index (χ0n) is 14.8. The van der Waals surface area contributed by atoms with Crippen molar-refractivity contribution < 1.29 is 9.59 Å². The van der Waals surface area contributed by atoms with Crippen LogP contribution in [0.25, 0.3) is 0 Å². The van der Waals surface area contributed by atoms with Crippen molar-refractivity contribution in [1.29, 1.82) is 0 Å². The largest absolute Gasteiger partial charge is 0.357 e. The van der Waals surface area contributed by atoms with Crippen molar-refractivity contribution >= 4 is 23.1 Å². The van der Waals surface area contributed by atoms with Gasteiger partial charge in [0.15, 0.2) is 0 Å². The van der Waals surface area contributed by atoms with Gasteiger partial charge in [0, 0.05) is 18.5 Å². The first-order valence-electron chi connectivity index (χ1n) is 9.16. The Morgan fingerprint density at radius 2 is 1.85 bits per heavy atom. The van der Waals surface area contributed by atoms with E-state index in [4.69, 9.17) is 0 Å². The molecule has 4 rings (SSSR count). The number of para-hydroxylation sites is 2. The van der Waals surface area contributed by atoms with Gasteiger partial charge in [-0.25, -0.2) is 0 Å². The molecule has 0 saturated carbocycles. The summed E-state index contributed by atoms with van der Waals surface area (Å²) in [6.07, 6.45) is 3.75. The molecule has 2 aromatic rings. The zero-order chi connectivity index (χ0) is 18.1. The summed E-state index contributed by atoms with van der Waals surface area (Å²) in [7, 11) is 0. The maximum atomic E-state index is 13.0. The van der Waals surface area contributed by atoms with Crippen molar-refractivity contribution in [3.8, 4) is 0 Å². The fourth-order valence-corrected chi connectivity index (χ4v) is 4.00. The van der Waals surface area contributed by atoms with Gasteiger partial charge in [0.2, 0.25) is 5.91 Å². The summed E-state index contributed by atoms with van der Waals surface area (Å²) >= 11 is 0. The molecule has 0 saturated heterocycles. The number of nitrogens with one attached hydrogen (secondary N) is 1. The summed E-state index contributed by atoms with van der Waals surface area (Å²) in [6.45, 7) is 1.87. The number of amides is 1. The molecule has 0 fully saturated rings. The van der Waals surface area contributed by atoms with E-state index in [9.17, 15) is 9.59 Å². The van der Waals surface area contributed by atoms with Crippen LogP contribution in [0, 0.1) is 5.92 Å². The van der Waals surface area contributed by atoms with Gasteiger partial charge in [0.05, 0.1) is 23.3 Å². The Balaban J connectivity index is 1.98. The van der Waals surface area contributed by atoms with E-state index in [2.05, 4.69) is 11.4 Å². The second kappa shape index (κ2) is 6.79. The third-order valence-corrected chi connectivity index (χ3v) is 5.19. The lowest BCUT2D eigenvalue weighted by molar-refractivity contribution is -0.123. The number of nitrogens with zero attached hydrogens (tertiary/aromatic N) is 1. The summed E-state index contributed by atoms with van der Waals surface area (Å²) in [5, 5.41) is 3.45. The van der Waals surface area contributed by atoms with Crippen LogP contribution >= 0.6 is 0 Å². The van der Waals surface area contributed by atoms with E-state index in [1.54, 1.807) is 0 Å². The van der Waals surface area contributed by atoms with Gasteiger partial charge in [0.25, 0.3) is 0 Å². The maximum absolute atomic E-state index is 13.0. The highest BCUT2D eigenvalue weighted by atomic mass is 16.2. The number of carbonyl (C=O) groups is 2. The molecular weight excluding hydrogens is 324 g/mol. The van der Waals surface area contributed by atoms with E-state index in [0.717, 1.165) is 29.1 Å². The fraction of sp³-hybridized carbons (Fsp3) is 0.273. The number of hydrogen-bond acceptors (Lipinski definition) is 3. The first-order chi connectivity index (χ1) is 12.7. The van der Waals surface area contributed by atoms with Crippen LogP contribution in [0.2, 0.25) is 0 Å². The SMILES string of the molecule is CCC(=O)N1c2ccccc2NC2=CCCC(=O)C2C1c1ccccc1. The average molecular weight is 346 g/mol. The lowest BCUT2D eigenvalue weighted by Gasteiger charge is -2.36. The highest BCUT2D eigenvalue weighted by molar-refractivity contribution is 6.00. The molecule has 0 spiro atoms. The van der Waals surface area contributed by atoms with E-state index in [1.807, 2.05) is 66.4 Å². The molecule has 26 heavy (non-hydrogen) atoms. The number of carbonyl (C=O) groups excluding carboxylic acids is 2. The van der Waals surface area contributed by atoms with Crippen molar-refractivity contribution in [2.24, 2.45) is 5.92 Å². The summed E-state index contributed by atoms with van der Waals surface area (Å²) in [6, 6.07) is 17.4. The fourth-order valence-electron chi connectivity index (χ4n) is 4.00. The number of anilines is 2. The maximum Gasteiger partial charge on any atom is 0.227 e. The van der Waals surface area contributed by atoms with Crippen molar-refractivity contribution in [1.82, 2.24) is 0 Å². The predicted molar refractivity (Wildman–Crippen MR) is 103 cm³/mol. The molecule has 0 radical (unpaired) electrons. The lowest BCUT2D eigenvalue weighted by Crippen LogP contribution is -2.41. The predicted octanol–water partition coefficient (Wildman–Crippen LogP) is 4.46. The van der Waals surface area contributed by atoms with Gasteiger partial charge in [0.1, 0.15) is 5.78 Å². The van der Waals surface area contributed by atoms with E-state index < -0.39 is 0 Å². The summed E-state index contributed by atoms with van der Waals surface area (Å²) in [5.74, 6) is -0.160. The molecule has 1 heterocycles. The Bertz CT molecular complexity index is 873. The van der Waals surface area contributed by atoms with Crippen molar-refractivity contribution in [3.05, 3.63) is 71.9 Å². The smallest absolute Gasteiger partial charge is 0.227 e. The third-order valence-electron chi connectivity index (χ3n) is 5.19. The molecule has 2 aromatic carbocycles. The minimum absolute atomic E-state index is 0.0210. The summed E-state index contributed by atoms with van der Waals surface area (Å²) < 4.78 is 0. The topological polar surface area (TPSA) is 49.4 Å². The normalized spacial score (nSPS) is 21.8. The van der Waals surface area contributed by atoms with E-state index >= 15 is 0 Å². The monoisotopic (exact) mass is 346 g/mol. The molecule has 0 bridgehead atoms. The van der Waals surface area contributed by atoms with Crippen LogP contribution < -0.4 is 10.2 Å². The second-order valence-electron chi connectivity index (χ2n) is 6.76. The Labute approximate surface area is 153 Å². The molecule has 1 aliphatic heterocycles. The van der Waals surface area contributed by atoms with Crippen LogP contribution in [-0.2, 0) is 9.59 Å². The van der Waals surface area contributed by atoms with Crippen LogP contribution in [0.3, 0.4) is 0 Å². The van der Waals surface area contributed by atoms with Crippen LogP contribution in [0.5, 0.6) is 0 Å². The van der Waals surface area contributed by atoms with E-state index in [0.29, 0.717) is 12.8 Å². The quantitative estimate of drug-likeness (QED) is 0.873. The molecule has 2 unspecified atom stereocenters. The third kappa shape index (κ3) is 2.71. The highest BCUT2D eigenvalue weighted by Crippen LogP contribution is 2.46. The number of ketones is 1. The van der Waals surface area contributed by atoms with Crippen LogP contribution in [-0.4, -0.2) is 11.7 Å². The summed E-state index contributed by atoms with van der Waals surface area (Å²) in [4.78, 5) is 27.8. The van der Waals surface area contributed by atoms with Gasteiger partial charge in [-0.3, -0.25) is 9.59 Å². The number of fused-ring (bicyclic) bond motifs is 2. The van der Waals surface area contributed by atoms with Gasteiger partial charge in [-0.15, -0.1) is 0 Å². The van der Waals surface area contributed by atoms with Crippen molar-refractivity contribution in [2.75, 3.05) is 10.2 Å². The number of benzene rings is 2. The van der Waals surface area contributed by atoms with Crippen molar-refractivity contribution in [3.63, 3.8) is 0 Å². The van der Waals surface area contributed by atoms with E-state index in [-0.39, 0.29) is 23.7 Å². The Hall–Kier alpha value is -2.88. The molecule has 132 valence electrons. The standard InChI is InChI=1S/C22H22N2O2/c1-2-20(26)24-18-13-7-6-11-16(18)23-17-12-8-14-19(25)21(17)22(24)15-9-4-3-5-10-15/h3-7,9-13,21-23H,2,8,14H2,1H3. The van der Waals surface area contributed by atoms with Gasteiger partial charge in [-0.2, -0.15) is 0 Å². The Kier molecular flexibility index (Phi) is 4.33. The highest BCUT2D eigenvalue weighted by Gasteiger charge is 2.42. The number of allylic oxidation sites excluding steroid dienone is 1. The average Bonchev–Trinajstić information content (AvgIpc) is 2.83. The van der Waals surface area contributed by atoms with E-state index in [1.165, 1.54) is 0 Å². The minimum Gasteiger partial charge on any atom is -0.357 e. The number of hydrogen-bond donors (Lipinski definition) is 1. The lowest BCUT2D eigenvalue weighted by atomic mass is 9.81. The first-order valence-corrected chi connectivity index (χ1v) is 9.16. The van der Waals surface area contributed by atoms with Crippen molar-refractivity contribution in [2.45, 2.75) is 32.2 Å². The molecule has 1 aliphatic carbocycles. The van der Waals surface area contributed by atoms with Gasteiger partial charge in [-0.1, -0.05) is 55.5 Å². The summed E-state index contributed by atoms with van der Waals surface area (Å²) in [5.41, 5.74) is 3.60.